The third-order valence-electron chi connectivity index (χ3n) is 4.12. The molecule has 6 nitrogen and oxygen atoms in total. The smallest absolute Gasteiger partial charge is 0.226 e. The van der Waals surface area contributed by atoms with E-state index in [4.69, 9.17) is 4.74 Å². The van der Waals surface area contributed by atoms with Crippen molar-refractivity contribution in [3.63, 3.8) is 0 Å². The first kappa shape index (κ1) is 14.8. The molecule has 3 heterocycles. The molecule has 0 saturated carbocycles. The van der Waals surface area contributed by atoms with Gasteiger partial charge in [-0.2, -0.15) is 5.10 Å². The van der Waals surface area contributed by atoms with Crippen LogP contribution < -0.4 is 5.32 Å². The molecule has 2 aromatic rings. The topological polar surface area (TPSA) is 71.9 Å². The molecule has 0 aromatic carbocycles. The highest BCUT2D eigenvalue weighted by atomic mass is 16.5. The second-order valence-corrected chi connectivity index (χ2v) is 5.49. The van der Waals surface area contributed by atoms with Crippen LogP contribution in [0.5, 0.6) is 0 Å². The molecule has 0 unspecified atom stereocenters. The first-order chi connectivity index (χ1) is 10.8. The zero-order chi connectivity index (χ0) is 15.4. The van der Waals surface area contributed by atoms with Gasteiger partial charge in [0, 0.05) is 44.2 Å². The zero-order valence-corrected chi connectivity index (χ0v) is 12.8. The summed E-state index contributed by atoms with van der Waals surface area (Å²) >= 11 is 0. The number of amides is 1. The minimum atomic E-state index is -0.187. The Kier molecular flexibility index (Phi) is 4.58. The van der Waals surface area contributed by atoms with E-state index in [1.807, 2.05) is 36.0 Å². The van der Waals surface area contributed by atoms with Gasteiger partial charge in [-0.1, -0.05) is 0 Å². The Bertz CT molecular complexity index is 605. The van der Waals surface area contributed by atoms with Gasteiger partial charge >= 0.3 is 0 Å². The van der Waals surface area contributed by atoms with E-state index in [9.17, 15) is 4.79 Å². The van der Waals surface area contributed by atoms with Crippen molar-refractivity contribution < 1.29 is 9.53 Å². The zero-order valence-electron chi connectivity index (χ0n) is 12.8. The highest BCUT2D eigenvalue weighted by Gasteiger charge is 2.36. The summed E-state index contributed by atoms with van der Waals surface area (Å²) in [6.07, 6.45) is 5.04. The third kappa shape index (κ3) is 3.06. The molecule has 1 fully saturated rings. The number of carbonyl (C=O) groups is 1. The first-order valence-corrected chi connectivity index (χ1v) is 7.83. The van der Waals surface area contributed by atoms with E-state index >= 15 is 0 Å². The fourth-order valence-corrected chi connectivity index (χ4v) is 2.97. The Hall–Kier alpha value is -2.08. The van der Waals surface area contributed by atoms with E-state index in [1.165, 1.54) is 0 Å². The van der Waals surface area contributed by atoms with Crippen LogP contribution in [0.3, 0.4) is 0 Å². The molecule has 1 saturated heterocycles. The van der Waals surface area contributed by atoms with Crippen molar-refractivity contribution in [1.29, 1.82) is 0 Å². The van der Waals surface area contributed by atoms with Crippen molar-refractivity contribution in [2.75, 3.05) is 13.2 Å². The Morgan fingerprint density at radius 1 is 1.55 bits per heavy atom. The predicted octanol–water partition coefficient (Wildman–Crippen LogP) is 1.67. The second-order valence-electron chi connectivity index (χ2n) is 5.49. The van der Waals surface area contributed by atoms with Crippen molar-refractivity contribution >= 4 is 5.91 Å². The fourth-order valence-electron chi connectivity index (χ4n) is 2.97. The minimum Gasteiger partial charge on any atom is -0.371 e. The molecule has 6 heteroatoms. The van der Waals surface area contributed by atoms with Gasteiger partial charge in [-0.15, -0.1) is 0 Å². The predicted molar refractivity (Wildman–Crippen MR) is 82.2 cm³/mol. The van der Waals surface area contributed by atoms with Crippen molar-refractivity contribution in [3.8, 4) is 0 Å². The molecule has 2 atom stereocenters. The second kappa shape index (κ2) is 6.79. The Morgan fingerprint density at radius 2 is 2.45 bits per heavy atom. The van der Waals surface area contributed by atoms with Crippen LogP contribution in [0, 0.1) is 5.92 Å². The lowest BCUT2D eigenvalue weighted by molar-refractivity contribution is -0.126. The van der Waals surface area contributed by atoms with Gasteiger partial charge in [-0.25, -0.2) is 0 Å². The summed E-state index contributed by atoms with van der Waals surface area (Å²) in [7, 11) is 0. The average molecular weight is 302 g/mol. The number of H-pyrrole nitrogens is 1. The SMILES string of the molecule is CCn1nccc1[C@@H]1OCC[C@H]1C(=O)NCCc1ccc[nH]1. The molecule has 1 aliphatic heterocycles. The lowest BCUT2D eigenvalue weighted by atomic mass is 9.98. The van der Waals surface area contributed by atoms with Gasteiger partial charge in [0.05, 0.1) is 11.6 Å². The van der Waals surface area contributed by atoms with E-state index in [0.717, 1.165) is 30.8 Å². The summed E-state index contributed by atoms with van der Waals surface area (Å²) in [5, 5.41) is 7.29. The maximum atomic E-state index is 12.4. The van der Waals surface area contributed by atoms with Crippen molar-refractivity contribution in [2.24, 2.45) is 5.92 Å². The van der Waals surface area contributed by atoms with Gasteiger partial charge in [-0.3, -0.25) is 9.48 Å². The monoisotopic (exact) mass is 302 g/mol. The van der Waals surface area contributed by atoms with Crippen LogP contribution in [0.25, 0.3) is 0 Å². The summed E-state index contributed by atoms with van der Waals surface area (Å²) in [5.41, 5.74) is 2.12. The third-order valence-corrected chi connectivity index (χ3v) is 4.12. The van der Waals surface area contributed by atoms with Crippen LogP contribution in [0.4, 0.5) is 0 Å². The molecule has 0 aliphatic carbocycles. The number of aromatic nitrogens is 3. The van der Waals surface area contributed by atoms with Gasteiger partial charge < -0.3 is 15.0 Å². The molecule has 22 heavy (non-hydrogen) atoms. The molecule has 3 rings (SSSR count). The number of aromatic amines is 1. The Morgan fingerprint density at radius 3 is 3.23 bits per heavy atom. The molecule has 0 radical (unpaired) electrons. The quantitative estimate of drug-likeness (QED) is 0.852. The number of rotatable bonds is 6. The molecular formula is C16H22N4O2. The summed E-state index contributed by atoms with van der Waals surface area (Å²) in [5.74, 6) is -0.0662. The Balaban J connectivity index is 1.59. The maximum Gasteiger partial charge on any atom is 0.226 e. The van der Waals surface area contributed by atoms with E-state index in [2.05, 4.69) is 15.4 Å². The molecule has 0 bridgehead atoms. The summed E-state index contributed by atoms with van der Waals surface area (Å²) < 4.78 is 7.70. The van der Waals surface area contributed by atoms with Crippen molar-refractivity contribution in [3.05, 3.63) is 42.0 Å². The van der Waals surface area contributed by atoms with E-state index in [-0.39, 0.29) is 17.9 Å². The van der Waals surface area contributed by atoms with Gasteiger partial charge in [-0.05, 0) is 31.5 Å². The first-order valence-electron chi connectivity index (χ1n) is 7.83. The molecule has 118 valence electrons. The standard InChI is InChI=1S/C16H22N4O2/c1-2-20-14(6-10-19-20)15-13(7-11-22-15)16(21)18-9-5-12-4-3-8-17-12/h3-4,6,8,10,13,15,17H,2,5,7,9,11H2,1H3,(H,18,21)/t13-,15-/m1/s1. The van der Waals surface area contributed by atoms with Gasteiger partial charge in [0.25, 0.3) is 0 Å². The van der Waals surface area contributed by atoms with E-state index in [0.29, 0.717) is 13.2 Å². The maximum absolute atomic E-state index is 12.4. The highest BCUT2D eigenvalue weighted by Crippen LogP contribution is 2.34. The normalized spacial score (nSPS) is 21.1. The molecule has 2 aromatic heterocycles. The van der Waals surface area contributed by atoms with Crippen LogP contribution in [-0.4, -0.2) is 33.8 Å². The summed E-state index contributed by atoms with van der Waals surface area (Å²) in [4.78, 5) is 15.6. The van der Waals surface area contributed by atoms with Crippen LogP contribution >= 0.6 is 0 Å². The average Bonchev–Trinajstić information content (AvgIpc) is 3.26. The number of ether oxygens (including phenoxy) is 1. The van der Waals surface area contributed by atoms with Crippen LogP contribution in [0.15, 0.2) is 30.6 Å². The highest BCUT2D eigenvalue weighted by molar-refractivity contribution is 5.79. The van der Waals surface area contributed by atoms with Crippen LogP contribution in [0.1, 0.15) is 30.8 Å². The van der Waals surface area contributed by atoms with E-state index < -0.39 is 0 Å². The van der Waals surface area contributed by atoms with Gasteiger partial charge in [0.2, 0.25) is 5.91 Å². The summed E-state index contributed by atoms with van der Waals surface area (Å²) in [6, 6.07) is 5.93. The fraction of sp³-hybridized carbons (Fsp3) is 0.500. The number of carbonyl (C=O) groups excluding carboxylic acids is 1. The summed E-state index contributed by atoms with van der Waals surface area (Å²) in [6.45, 7) is 4.07. The van der Waals surface area contributed by atoms with Crippen molar-refractivity contribution in [2.45, 2.75) is 32.4 Å². The number of nitrogens with one attached hydrogen (secondary N) is 2. The van der Waals surface area contributed by atoms with Gasteiger partial charge in [0.15, 0.2) is 0 Å². The Labute approximate surface area is 129 Å². The van der Waals surface area contributed by atoms with E-state index in [1.54, 1.807) is 6.20 Å². The van der Waals surface area contributed by atoms with Crippen molar-refractivity contribution in [1.82, 2.24) is 20.1 Å². The van der Waals surface area contributed by atoms with Gasteiger partial charge in [0.1, 0.15) is 6.10 Å². The number of hydrogen-bond donors (Lipinski definition) is 2. The molecule has 2 N–H and O–H groups in total. The lowest BCUT2D eigenvalue weighted by Gasteiger charge is -2.19. The lowest BCUT2D eigenvalue weighted by Crippen LogP contribution is -2.34. The minimum absolute atomic E-state index is 0.0675. The van der Waals surface area contributed by atoms with Crippen LogP contribution in [-0.2, 0) is 22.5 Å². The largest absolute Gasteiger partial charge is 0.371 e. The molecule has 1 aliphatic rings. The molecule has 0 spiro atoms. The molecular weight excluding hydrogens is 280 g/mol. The number of aryl methyl sites for hydroxylation is 1. The number of nitrogens with zero attached hydrogens (tertiary/aromatic N) is 2. The number of hydrogen-bond acceptors (Lipinski definition) is 3. The molecule has 1 amide bonds. The van der Waals surface area contributed by atoms with Crippen LogP contribution in [0.2, 0.25) is 0 Å².